The molecule has 3 aromatic rings. The first kappa shape index (κ1) is 24.4. The molecular weight excluding hydrogens is 477 g/mol. The number of carbonyl (C=O) groups excluding carboxylic acids is 2. The number of aromatic nitrogens is 2. The molecule has 0 bridgehead atoms. The Labute approximate surface area is 206 Å². The molecule has 0 radical (unpaired) electrons. The average Bonchev–Trinajstić information content (AvgIpc) is 2.87. The van der Waals surface area contributed by atoms with E-state index >= 15 is 0 Å². The second-order valence-corrected chi connectivity index (χ2v) is 8.38. The highest BCUT2D eigenvalue weighted by molar-refractivity contribution is 6.28. The van der Waals surface area contributed by atoms with Crippen molar-refractivity contribution in [3.05, 3.63) is 82.7 Å². The topological polar surface area (TPSA) is 102 Å². The Balaban J connectivity index is 1.28. The van der Waals surface area contributed by atoms with Crippen LogP contribution in [0.5, 0.6) is 11.5 Å². The maximum Gasteiger partial charge on any atom is 0.287 e. The van der Waals surface area contributed by atoms with Crippen molar-refractivity contribution in [1.29, 1.82) is 0 Å². The molecule has 1 fully saturated rings. The molecule has 0 unspecified atom stereocenters. The van der Waals surface area contributed by atoms with Gasteiger partial charge in [0.05, 0.1) is 17.8 Å². The minimum absolute atomic E-state index is 0.0663. The summed E-state index contributed by atoms with van der Waals surface area (Å²) in [6.07, 6.45) is 2.67. The zero-order chi connectivity index (χ0) is 24.9. The molecule has 2 aromatic heterocycles. The zero-order valence-electron chi connectivity index (χ0n) is 18.9. The van der Waals surface area contributed by atoms with E-state index in [4.69, 9.17) is 16.3 Å². The van der Waals surface area contributed by atoms with Gasteiger partial charge in [0.25, 0.3) is 11.1 Å². The lowest BCUT2D eigenvalue weighted by Crippen LogP contribution is -2.54. The monoisotopic (exact) mass is 499 g/mol. The number of amides is 2. The van der Waals surface area contributed by atoms with Crippen LogP contribution in [-0.4, -0.2) is 58.8 Å². The van der Waals surface area contributed by atoms with Gasteiger partial charge in [0.2, 0.25) is 5.91 Å². The third kappa shape index (κ3) is 6.03. The zero-order valence-corrected chi connectivity index (χ0v) is 19.6. The molecule has 0 aliphatic carbocycles. The van der Waals surface area contributed by atoms with Crippen LogP contribution < -0.4 is 14.8 Å². The minimum atomic E-state index is -0.435. The van der Waals surface area contributed by atoms with Crippen molar-refractivity contribution in [3.8, 4) is 11.5 Å². The Bertz CT molecular complexity index is 1200. The van der Waals surface area contributed by atoms with Gasteiger partial charge < -0.3 is 20.2 Å². The molecule has 3 heterocycles. The number of nitrogens with zero attached hydrogens (tertiary/aromatic N) is 4. The van der Waals surface area contributed by atoms with Gasteiger partial charge in [-0.25, -0.2) is 9.37 Å². The Morgan fingerprint density at radius 1 is 1.11 bits per heavy atom. The highest BCUT2D eigenvalue weighted by Gasteiger charge is 2.28. The highest BCUT2D eigenvalue weighted by atomic mass is 35.5. The summed E-state index contributed by atoms with van der Waals surface area (Å²) in [5, 5.41) is 14.1. The fourth-order valence-corrected chi connectivity index (χ4v) is 3.81. The number of rotatable bonds is 6. The van der Waals surface area contributed by atoms with Crippen LogP contribution in [0.1, 0.15) is 17.3 Å². The summed E-state index contributed by atoms with van der Waals surface area (Å²) in [5.41, 5.74) is 0.347. The van der Waals surface area contributed by atoms with E-state index in [1.165, 1.54) is 48.8 Å². The van der Waals surface area contributed by atoms with Gasteiger partial charge in [-0.3, -0.25) is 14.5 Å². The standard InChI is InChI=1S/C24H23ClFN5O4/c1-16(29-10-12-30(13-11-29)24(33)17-8-9-31(34)21(25)14-17)23(32)28-22-7-6-20(15-27-22)35-19-4-2-18(26)3-5-19/h2-9,14-16H,10-13H2,1H3,(H,27,28,32)/t16-/m1/s1. The van der Waals surface area contributed by atoms with Gasteiger partial charge >= 0.3 is 0 Å². The third-order valence-corrected chi connectivity index (χ3v) is 5.96. The predicted octanol–water partition coefficient (Wildman–Crippen LogP) is 3.08. The first-order valence-corrected chi connectivity index (χ1v) is 11.3. The van der Waals surface area contributed by atoms with Crippen molar-refractivity contribution in [2.75, 3.05) is 31.5 Å². The Hall–Kier alpha value is -3.76. The number of hydrogen-bond donors (Lipinski definition) is 1. The molecule has 11 heteroatoms. The van der Waals surface area contributed by atoms with E-state index in [0.717, 1.165) is 0 Å². The van der Waals surface area contributed by atoms with E-state index in [1.807, 2.05) is 4.90 Å². The molecule has 1 aliphatic rings. The number of anilines is 1. The summed E-state index contributed by atoms with van der Waals surface area (Å²) in [4.78, 5) is 33.3. The van der Waals surface area contributed by atoms with Gasteiger partial charge in [-0.05, 0) is 54.9 Å². The fraction of sp³-hybridized carbons (Fsp3) is 0.250. The second kappa shape index (κ2) is 10.7. The maximum absolute atomic E-state index is 13.0. The van der Waals surface area contributed by atoms with Gasteiger partial charge in [-0.2, -0.15) is 4.73 Å². The quantitative estimate of drug-likeness (QED) is 0.318. The van der Waals surface area contributed by atoms with Crippen LogP contribution in [0.15, 0.2) is 60.9 Å². The molecule has 35 heavy (non-hydrogen) atoms. The maximum atomic E-state index is 13.0. The Morgan fingerprint density at radius 3 is 2.43 bits per heavy atom. The van der Waals surface area contributed by atoms with Crippen molar-refractivity contribution in [2.45, 2.75) is 13.0 Å². The van der Waals surface area contributed by atoms with Gasteiger partial charge in [-0.1, -0.05) is 0 Å². The van der Waals surface area contributed by atoms with Gasteiger partial charge in [0.15, 0.2) is 6.20 Å². The molecule has 4 rings (SSSR count). The van der Waals surface area contributed by atoms with E-state index in [9.17, 15) is 19.2 Å². The van der Waals surface area contributed by atoms with Crippen LogP contribution in [0.3, 0.4) is 0 Å². The van der Waals surface area contributed by atoms with Crippen molar-refractivity contribution in [1.82, 2.24) is 14.8 Å². The molecule has 1 N–H and O–H groups in total. The summed E-state index contributed by atoms with van der Waals surface area (Å²) >= 11 is 5.82. The molecule has 1 aliphatic heterocycles. The van der Waals surface area contributed by atoms with Crippen LogP contribution in [0.4, 0.5) is 10.2 Å². The number of piperazine rings is 1. The first-order valence-electron chi connectivity index (χ1n) is 10.9. The van der Waals surface area contributed by atoms with Crippen molar-refractivity contribution < 1.29 is 23.4 Å². The van der Waals surface area contributed by atoms with Crippen LogP contribution >= 0.6 is 11.6 Å². The molecule has 182 valence electrons. The van der Waals surface area contributed by atoms with Crippen molar-refractivity contribution in [3.63, 3.8) is 0 Å². The fourth-order valence-electron chi connectivity index (χ4n) is 3.64. The van der Waals surface area contributed by atoms with Crippen LogP contribution in [0.2, 0.25) is 5.15 Å². The van der Waals surface area contributed by atoms with Crippen LogP contribution in [0.25, 0.3) is 0 Å². The summed E-state index contributed by atoms with van der Waals surface area (Å²) in [6, 6.07) is 11.3. The predicted molar refractivity (Wildman–Crippen MR) is 127 cm³/mol. The normalized spacial score (nSPS) is 14.9. The molecule has 1 atom stereocenters. The molecule has 1 aromatic carbocycles. The number of pyridine rings is 2. The van der Waals surface area contributed by atoms with Crippen molar-refractivity contribution in [2.24, 2.45) is 0 Å². The number of carbonyl (C=O) groups is 2. The lowest BCUT2D eigenvalue weighted by molar-refractivity contribution is -0.603. The number of nitrogens with one attached hydrogen (secondary N) is 1. The minimum Gasteiger partial charge on any atom is -0.618 e. The number of benzene rings is 1. The Morgan fingerprint density at radius 2 is 1.80 bits per heavy atom. The number of ether oxygens (including phenoxy) is 1. The van der Waals surface area contributed by atoms with E-state index in [0.29, 0.717) is 53.8 Å². The van der Waals surface area contributed by atoms with Crippen LogP contribution in [0, 0.1) is 11.0 Å². The lowest BCUT2D eigenvalue weighted by Gasteiger charge is -2.37. The molecule has 2 amide bonds. The van der Waals surface area contributed by atoms with E-state index in [1.54, 1.807) is 24.0 Å². The van der Waals surface area contributed by atoms with E-state index < -0.39 is 6.04 Å². The number of hydrogen-bond acceptors (Lipinski definition) is 6. The van der Waals surface area contributed by atoms with Crippen LogP contribution in [-0.2, 0) is 4.79 Å². The highest BCUT2D eigenvalue weighted by Crippen LogP contribution is 2.22. The van der Waals surface area contributed by atoms with Gasteiger partial charge in [0, 0.05) is 38.3 Å². The molecular formula is C24H23ClFN5O4. The summed E-state index contributed by atoms with van der Waals surface area (Å²) in [6.45, 7) is 3.70. The summed E-state index contributed by atoms with van der Waals surface area (Å²) in [5.74, 6) is 0.512. The SMILES string of the molecule is C[C@H](C(=O)Nc1ccc(Oc2ccc(F)cc2)cn1)N1CCN(C(=O)c2cc[n+]([O-])c(Cl)c2)CC1. The average molecular weight is 500 g/mol. The summed E-state index contributed by atoms with van der Waals surface area (Å²) in [7, 11) is 0. The first-order chi connectivity index (χ1) is 16.8. The molecule has 0 spiro atoms. The third-order valence-electron chi connectivity index (χ3n) is 5.69. The molecule has 1 saturated heterocycles. The summed E-state index contributed by atoms with van der Waals surface area (Å²) < 4.78 is 19.1. The lowest BCUT2D eigenvalue weighted by atomic mass is 10.2. The number of halogens is 2. The smallest absolute Gasteiger partial charge is 0.287 e. The van der Waals surface area contributed by atoms with E-state index in [2.05, 4.69) is 10.3 Å². The van der Waals surface area contributed by atoms with Gasteiger partial charge in [0.1, 0.15) is 23.1 Å². The second-order valence-electron chi connectivity index (χ2n) is 7.99. The molecule has 9 nitrogen and oxygen atoms in total. The largest absolute Gasteiger partial charge is 0.618 e. The van der Waals surface area contributed by atoms with E-state index in [-0.39, 0.29) is 22.8 Å². The molecule has 0 saturated carbocycles. The van der Waals surface area contributed by atoms with Gasteiger partial charge in [-0.15, -0.1) is 0 Å². The Kier molecular flexibility index (Phi) is 7.42. The van der Waals surface area contributed by atoms with Crippen molar-refractivity contribution >= 4 is 29.2 Å².